The SMILES string of the molecule is Cc1ncnc(C(=O)N2CC3(CCN(C(=O)c4ccoc4)C3)C2)c1C. The monoisotopic (exact) mass is 340 g/mol. The molecule has 1 spiro atoms. The molecule has 0 radical (unpaired) electrons. The minimum atomic E-state index is -0.0479. The van der Waals surface area contributed by atoms with E-state index in [9.17, 15) is 9.59 Å². The summed E-state index contributed by atoms with van der Waals surface area (Å²) in [5.41, 5.74) is 2.73. The molecule has 0 aliphatic carbocycles. The maximum atomic E-state index is 12.7. The van der Waals surface area contributed by atoms with E-state index >= 15 is 0 Å². The van der Waals surface area contributed by atoms with Crippen LogP contribution in [0.3, 0.4) is 0 Å². The van der Waals surface area contributed by atoms with Crippen LogP contribution >= 0.6 is 0 Å². The average molecular weight is 340 g/mol. The first kappa shape index (κ1) is 15.8. The second-order valence-electron chi connectivity index (χ2n) is 7.08. The summed E-state index contributed by atoms with van der Waals surface area (Å²) < 4.78 is 4.99. The Morgan fingerprint density at radius 1 is 1.12 bits per heavy atom. The largest absolute Gasteiger partial charge is 0.472 e. The topological polar surface area (TPSA) is 79.5 Å². The molecule has 2 fully saturated rings. The van der Waals surface area contributed by atoms with E-state index in [1.165, 1.54) is 18.9 Å². The lowest BCUT2D eigenvalue weighted by Crippen LogP contribution is -2.59. The minimum Gasteiger partial charge on any atom is -0.472 e. The Labute approximate surface area is 145 Å². The van der Waals surface area contributed by atoms with Crippen LogP contribution in [0.15, 0.2) is 29.3 Å². The number of hydrogen-bond acceptors (Lipinski definition) is 5. The molecule has 4 rings (SSSR count). The van der Waals surface area contributed by atoms with E-state index in [2.05, 4.69) is 9.97 Å². The number of likely N-dealkylation sites (tertiary alicyclic amines) is 2. The highest BCUT2D eigenvalue weighted by atomic mass is 16.3. The lowest BCUT2D eigenvalue weighted by molar-refractivity contribution is 0.0105. The Kier molecular flexibility index (Phi) is 3.59. The summed E-state index contributed by atoms with van der Waals surface area (Å²) in [5.74, 6) is -0.0501. The van der Waals surface area contributed by atoms with Crippen molar-refractivity contribution in [3.63, 3.8) is 0 Å². The predicted octanol–water partition coefficient (Wildman–Crippen LogP) is 1.67. The van der Waals surface area contributed by atoms with Crippen LogP contribution in [0.25, 0.3) is 0 Å². The Hall–Kier alpha value is -2.70. The Bertz CT molecular complexity index is 825. The lowest BCUT2D eigenvalue weighted by atomic mass is 9.79. The van der Waals surface area contributed by atoms with Crippen molar-refractivity contribution in [3.8, 4) is 0 Å². The highest BCUT2D eigenvalue weighted by molar-refractivity contribution is 5.95. The number of rotatable bonds is 2. The zero-order valence-corrected chi connectivity index (χ0v) is 14.4. The number of aromatic nitrogens is 2. The van der Waals surface area contributed by atoms with Gasteiger partial charge in [0.15, 0.2) is 0 Å². The smallest absolute Gasteiger partial charge is 0.272 e. The van der Waals surface area contributed by atoms with Gasteiger partial charge >= 0.3 is 0 Å². The molecule has 2 aliphatic rings. The van der Waals surface area contributed by atoms with E-state index in [1.54, 1.807) is 6.07 Å². The molecule has 7 nitrogen and oxygen atoms in total. The van der Waals surface area contributed by atoms with Crippen LogP contribution in [0, 0.1) is 19.3 Å². The summed E-state index contributed by atoms with van der Waals surface area (Å²) in [6, 6.07) is 1.68. The molecule has 7 heteroatoms. The summed E-state index contributed by atoms with van der Waals surface area (Å²) in [7, 11) is 0. The number of carbonyl (C=O) groups excluding carboxylic acids is 2. The molecule has 2 aromatic rings. The number of hydrogen-bond donors (Lipinski definition) is 0. The maximum absolute atomic E-state index is 12.7. The van der Waals surface area contributed by atoms with Crippen molar-refractivity contribution in [2.75, 3.05) is 26.2 Å². The molecule has 0 N–H and O–H groups in total. The van der Waals surface area contributed by atoms with Gasteiger partial charge in [0.05, 0.1) is 11.8 Å². The van der Waals surface area contributed by atoms with Crippen LogP contribution in [0.2, 0.25) is 0 Å². The fraction of sp³-hybridized carbons (Fsp3) is 0.444. The molecule has 2 aromatic heterocycles. The van der Waals surface area contributed by atoms with Crippen LogP contribution in [0.5, 0.6) is 0 Å². The van der Waals surface area contributed by atoms with E-state index in [0.29, 0.717) is 30.9 Å². The van der Waals surface area contributed by atoms with E-state index in [0.717, 1.165) is 24.2 Å². The van der Waals surface area contributed by atoms with Crippen molar-refractivity contribution in [2.45, 2.75) is 20.3 Å². The van der Waals surface area contributed by atoms with E-state index in [-0.39, 0.29) is 17.2 Å². The van der Waals surface area contributed by atoms with Gasteiger partial charge in [0, 0.05) is 42.9 Å². The molecular weight excluding hydrogens is 320 g/mol. The molecule has 0 atom stereocenters. The van der Waals surface area contributed by atoms with Crippen molar-refractivity contribution < 1.29 is 14.0 Å². The molecule has 130 valence electrons. The highest BCUT2D eigenvalue weighted by Crippen LogP contribution is 2.40. The van der Waals surface area contributed by atoms with Gasteiger partial charge in [-0.15, -0.1) is 0 Å². The molecule has 0 saturated carbocycles. The van der Waals surface area contributed by atoms with E-state index < -0.39 is 0 Å². The van der Waals surface area contributed by atoms with Crippen LogP contribution in [0.1, 0.15) is 38.5 Å². The molecule has 2 saturated heterocycles. The summed E-state index contributed by atoms with van der Waals surface area (Å²) in [5, 5.41) is 0. The molecule has 2 amide bonds. The minimum absolute atomic E-state index is 0.00216. The maximum Gasteiger partial charge on any atom is 0.272 e. The van der Waals surface area contributed by atoms with Crippen molar-refractivity contribution in [1.82, 2.24) is 19.8 Å². The number of carbonyl (C=O) groups is 2. The quantitative estimate of drug-likeness (QED) is 0.831. The second-order valence-corrected chi connectivity index (χ2v) is 7.08. The first-order valence-corrected chi connectivity index (χ1v) is 8.38. The van der Waals surface area contributed by atoms with Gasteiger partial charge < -0.3 is 14.2 Å². The van der Waals surface area contributed by atoms with Gasteiger partial charge in [-0.2, -0.15) is 0 Å². The van der Waals surface area contributed by atoms with Gasteiger partial charge in [-0.25, -0.2) is 9.97 Å². The van der Waals surface area contributed by atoms with Crippen LogP contribution < -0.4 is 0 Å². The molecule has 0 bridgehead atoms. The molecule has 0 unspecified atom stereocenters. The van der Waals surface area contributed by atoms with Gasteiger partial charge in [0.1, 0.15) is 18.3 Å². The summed E-state index contributed by atoms with van der Waals surface area (Å²) in [4.78, 5) is 37.1. The second kappa shape index (κ2) is 5.68. The number of amides is 2. The Morgan fingerprint density at radius 3 is 2.60 bits per heavy atom. The van der Waals surface area contributed by atoms with Gasteiger partial charge in [-0.05, 0) is 26.3 Å². The van der Waals surface area contributed by atoms with Crippen molar-refractivity contribution in [1.29, 1.82) is 0 Å². The number of aryl methyl sites for hydroxylation is 1. The van der Waals surface area contributed by atoms with E-state index in [4.69, 9.17) is 4.42 Å². The van der Waals surface area contributed by atoms with Crippen LogP contribution in [0.4, 0.5) is 0 Å². The van der Waals surface area contributed by atoms with Crippen LogP contribution in [-0.4, -0.2) is 57.8 Å². The fourth-order valence-electron chi connectivity index (χ4n) is 3.75. The Balaban J connectivity index is 1.41. The molecule has 25 heavy (non-hydrogen) atoms. The zero-order valence-electron chi connectivity index (χ0n) is 14.4. The number of furan rings is 1. The van der Waals surface area contributed by atoms with E-state index in [1.807, 2.05) is 23.6 Å². The third-order valence-electron chi connectivity index (χ3n) is 5.37. The molecule has 4 heterocycles. The summed E-state index contributed by atoms with van der Waals surface area (Å²) in [6.45, 7) is 6.49. The first-order valence-electron chi connectivity index (χ1n) is 8.38. The van der Waals surface area contributed by atoms with Gasteiger partial charge in [-0.3, -0.25) is 9.59 Å². The van der Waals surface area contributed by atoms with Crippen molar-refractivity contribution in [2.24, 2.45) is 5.41 Å². The number of nitrogens with zero attached hydrogens (tertiary/aromatic N) is 4. The third-order valence-corrected chi connectivity index (χ3v) is 5.37. The van der Waals surface area contributed by atoms with Gasteiger partial charge in [0.2, 0.25) is 0 Å². The van der Waals surface area contributed by atoms with Crippen molar-refractivity contribution >= 4 is 11.8 Å². The lowest BCUT2D eigenvalue weighted by Gasteiger charge is -2.47. The van der Waals surface area contributed by atoms with Gasteiger partial charge in [-0.1, -0.05) is 0 Å². The summed E-state index contributed by atoms with van der Waals surface area (Å²) in [6.07, 6.45) is 5.34. The average Bonchev–Trinajstić information content (AvgIpc) is 3.24. The first-order chi connectivity index (χ1) is 12.0. The fourth-order valence-corrected chi connectivity index (χ4v) is 3.75. The van der Waals surface area contributed by atoms with Gasteiger partial charge in [0.25, 0.3) is 11.8 Å². The van der Waals surface area contributed by atoms with Crippen LogP contribution in [-0.2, 0) is 0 Å². The summed E-state index contributed by atoms with van der Waals surface area (Å²) >= 11 is 0. The zero-order chi connectivity index (χ0) is 17.6. The standard InChI is InChI=1S/C18H20N4O3/c1-12-13(2)19-11-20-15(12)17(24)22-9-18(10-22)4-5-21(8-18)16(23)14-3-6-25-7-14/h3,6-7,11H,4-5,8-10H2,1-2H3. The highest BCUT2D eigenvalue weighted by Gasteiger charge is 2.50. The molecule has 2 aliphatic heterocycles. The normalized spacial score (nSPS) is 18.5. The molecule has 0 aromatic carbocycles. The molecular formula is C18H20N4O3. The third kappa shape index (κ3) is 2.59. The predicted molar refractivity (Wildman–Crippen MR) is 89.1 cm³/mol. The van der Waals surface area contributed by atoms with Crippen molar-refractivity contribution in [3.05, 3.63) is 47.4 Å². The Morgan fingerprint density at radius 2 is 1.88 bits per heavy atom.